The van der Waals surface area contributed by atoms with E-state index in [1.807, 2.05) is 0 Å². The molecule has 14 heavy (non-hydrogen) atoms. The van der Waals surface area contributed by atoms with Gasteiger partial charge in [0, 0.05) is 17.7 Å². The predicted octanol–water partition coefficient (Wildman–Crippen LogP) is 3.73. The lowest BCUT2D eigenvalue weighted by Gasteiger charge is -2.16. The average Bonchev–Trinajstić information content (AvgIpc) is 2.19. The molecule has 0 unspecified atom stereocenters. The van der Waals surface area contributed by atoms with Gasteiger partial charge in [-0.3, -0.25) is 4.99 Å². The third-order valence-electron chi connectivity index (χ3n) is 2.44. The van der Waals surface area contributed by atoms with Gasteiger partial charge in [-0.15, -0.1) is 0 Å². The van der Waals surface area contributed by atoms with Gasteiger partial charge in [0.1, 0.15) is 5.82 Å². The molecule has 0 spiro atoms. The Morgan fingerprint density at radius 3 is 3.00 bits per heavy atom. The van der Waals surface area contributed by atoms with E-state index in [1.165, 1.54) is 12.1 Å². The van der Waals surface area contributed by atoms with Gasteiger partial charge in [0.15, 0.2) is 0 Å². The molecule has 1 aromatic rings. The Morgan fingerprint density at radius 1 is 1.50 bits per heavy atom. The van der Waals surface area contributed by atoms with Crippen molar-refractivity contribution in [2.45, 2.75) is 19.8 Å². The molecule has 1 nitrogen and oxygen atoms in total. The highest BCUT2D eigenvalue weighted by Gasteiger charge is 2.14. The van der Waals surface area contributed by atoms with Crippen LogP contribution in [0.5, 0.6) is 0 Å². The van der Waals surface area contributed by atoms with E-state index in [-0.39, 0.29) is 5.82 Å². The topological polar surface area (TPSA) is 12.4 Å². The van der Waals surface area contributed by atoms with Crippen molar-refractivity contribution < 1.29 is 4.39 Å². The third-order valence-corrected chi connectivity index (χ3v) is 2.44. The van der Waals surface area contributed by atoms with Gasteiger partial charge in [-0.1, -0.05) is 13.5 Å². The lowest BCUT2D eigenvalue weighted by Crippen LogP contribution is -2.03. The molecule has 0 bridgehead atoms. The summed E-state index contributed by atoms with van der Waals surface area (Å²) in [5, 5.41) is 0. The van der Waals surface area contributed by atoms with Crippen LogP contribution < -0.4 is 0 Å². The first-order chi connectivity index (χ1) is 6.70. The molecule has 1 aliphatic heterocycles. The van der Waals surface area contributed by atoms with Crippen LogP contribution in [0.4, 0.5) is 10.1 Å². The molecule has 1 heterocycles. The number of allylic oxidation sites excluding steroid dienone is 1. The van der Waals surface area contributed by atoms with Crippen LogP contribution in [0.1, 0.15) is 25.3 Å². The molecule has 2 heteroatoms. The second kappa shape index (κ2) is 3.37. The van der Waals surface area contributed by atoms with Crippen LogP contribution in [0.2, 0.25) is 0 Å². The van der Waals surface area contributed by atoms with Crippen molar-refractivity contribution in [1.82, 2.24) is 0 Å². The van der Waals surface area contributed by atoms with Crippen molar-refractivity contribution in [3.8, 4) is 0 Å². The Labute approximate surface area is 83.0 Å². The smallest absolute Gasteiger partial charge is 0.123 e. The molecule has 1 aromatic carbocycles. The largest absolute Gasteiger partial charge is 0.257 e. The van der Waals surface area contributed by atoms with Gasteiger partial charge in [0.25, 0.3) is 0 Å². The zero-order valence-electron chi connectivity index (χ0n) is 8.18. The van der Waals surface area contributed by atoms with Gasteiger partial charge < -0.3 is 0 Å². The van der Waals surface area contributed by atoms with Crippen LogP contribution in [0.3, 0.4) is 0 Å². The summed E-state index contributed by atoms with van der Waals surface area (Å²) in [5.74, 6) is -0.222. The zero-order chi connectivity index (χ0) is 10.1. The fourth-order valence-electron chi connectivity index (χ4n) is 1.64. The van der Waals surface area contributed by atoms with Crippen molar-refractivity contribution in [2.24, 2.45) is 4.99 Å². The van der Waals surface area contributed by atoms with Crippen molar-refractivity contribution in [3.05, 3.63) is 36.2 Å². The minimum atomic E-state index is -0.222. The maximum atomic E-state index is 13.0. The molecule has 0 atom stereocenters. The summed E-state index contributed by atoms with van der Waals surface area (Å²) in [5.41, 5.74) is 3.78. The van der Waals surface area contributed by atoms with Gasteiger partial charge in [-0.05, 0) is 30.2 Å². The van der Waals surface area contributed by atoms with Crippen molar-refractivity contribution in [1.29, 1.82) is 0 Å². The zero-order valence-corrected chi connectivity index (χ0v) is 8.18. The van der Waals surface area contributed by atoms with Gasteiger partial charge in [0.05, 0.1) is 5.69 Å². The van der Waals surface area contributed by atoms with Crippen molar-refractivity contribution in [2.75, 3.05) is 0 Å². The quantitative estimate of drug-likeness (QED) is 0.638. The highest BCUT2D eigenvalue weighted by molar-refractivity contribution is 6.00. The molecule has 0 saturated carbocycles. The summed E-state index contributed by atoms with van der Waals surface area (Å²) in [6.45, 7) is 6.02. The summed E-state index contributed by atoms with van der Waals surface area (Å²) in [4.78, 5) is 4.44. The lowest BCUT2D eigenvalue weighted by atomic mass is 9.96. The van der Waals surface area contributed by atoms with Gasteiger partial charge in [-0.2, -0.15) is 0 Å². The van der Waals surface area contributed by atoms with Gasteiger partial charge in [0.2, 0.25) is 0 Å². The SMILES string of the molecule is C=C1CC(CC)=Nc2ccc(F)cc21. The van der Waals surface area contributed by atoms with E-state index in [4.69, 9.17) is 0 Å². The molecule has 1 aliphatic rings. The highest BCUT2D eigenvalue weighted by Crippen LogP contribution is 2.33. The van der Waals surface area contributed by atoms with Crippen LogP contribution in [0, 0.1) is 5.82 Å². The summed E-state index contributed by atoms with van der Waals surface area (Å²) in [6, 6.07) is 4.66. The molecule has 2 rings (SSSR count). The van der Waals surface area contributed by atoms with E-state index in [0.29, 0.717) is 0 Å². The Morgan fingerprint density at radius 2 is 2.29 bits per heavy atom. The van der Waals surface area contributed by atoms with E-state index in [0.717, 1.165) is 35.4 Å². The number of rotatable bonds is 1. The Balaban J connectivity index is 2.54. The molecule has 72 valence electrons. The van der Waals surface area contributed by atoms with Crippen LogP contribution in [0.15, 0.2) is 29.8 Å². The molecule has 0 fully saturated rings. The first-order valence-electron chi connectivity index (χ1n) is 4.75. The summed E-state index contributed by atoms with van der Waals surface area (Å²) in [6.07, 6.45) is 1.70. The van der Waals surface area contributed by atoms with E-state index >= 15 is 0 Å². The molecule has 0 aliphatic carbocycles. The number of fused-ring (bicyclic) bond motifs is 1. The van der Waals surface area contributed by atoms with Crippen LogP contribution in [-0.4, -0.2) is 5.71 Å². The van der Waals surface area contributed by atoms with Crippen LogP contribution >= 0.6 is 0 Å². The van der Waals surface area contributed by atoms with Crippen LogP contribution in [-0.2, 0) is 0 Å². The molecule has 0 saturated heterocycles. The fraction of sp³-hybridized carbons (Fsp3) is 0.250. The fourth-order valence-corrected chi connectivity index (χ4v) is 1.64. The standard InChI is InChI=1S/C12H12FN/c1-3-10-6-8(2)11-7-9(13)4-5-12(11)14-10/h4-5,7H,2-3,6H2,1H3. The molecular weight excluding hydrogens is 177 g/mol. The molecule has 0 N–H and O–H groups in total. The first kappa shape index (κ1) is 9.13. The lowest BCUT2D eigenvalue weighted by molar-refractivity contribution is 0.627. The highest BCUT2D eigenvalue weighted by atomic mass is 19.1. The number of benzene rings is 1. The molecular formula is C12H12FN. The van der Waals surface area contributed by atoms with E-state index in [2.05, 4.69) is 18.5 Å². The molecule has 0 amide bonds. The Kier molecular flexibility index (Phi) is 2.20. The minimum absolute atomic E-state index is 0.222. The normalized spacial score (nSPS) is 15.0. The Bertz CT molecular complexity index is 418. The number of halogens is 1. The maximum absolute atomic E-state index is 13.0. The van der Waals surface area contributed by atoms with E-state index in [9.17, 15) is 4.39 Å². The van der Waals surface area contributed by atoms with Crippen molar-refractivity contribution in [3.63, 3.8) is 0 Å². The summed E-state index contributed by atoms with van der Waals surface area (Å²) >= 11 is 0. The van der Waals surface area contributed by atoms with E-state index < -0.39 is 0 Å². The number of nitrogens with zero attached hydrogens (tertiary/aromatic N) is 1. The molecule has 0 radical (unpaired) electrons. The number of hydrogen-bond donors (Lipinski definition) is 0. The second-order valence-electron chi connectivity index (χ2n) is 3.47. The van der Waals surface area contributed by atoms with Crippen LogP contribution in [0.25, 0.3) is 5.57 Å². The second-order valence-corrected chi connectivity index (χ2v) is 3.47. The average molecular weight is 189 g/mol. The van der Waals surface area contributed by atoms with Gasteiger partial charge >= 0.3 is 0 Å². The number of aliphatic imine (C=N–C) groups is 1. The first-order valence-corrected chi connectivity index (χ1v) is 4.75. The van der Waals surface area contributed by atoms with Gasteiger partial charge in [-0.25, -0.2) is 4.39 Å². The van der Waals surface area contributed by atoms with Crippen molar-refractivity contribution >= 4 is 17.0 Å². The summed E-state index contributed by atoms with van der Waals surface area (Å²) < 4.78 is 13.0. The maximum Gasteiger partial charge on any atom is 0.123 e. The van der Waals surface area contributed by atoms with E-state index in [1.54, 1.807) is 6.07 Å². The third kappa shape index (κ3) is 1.48. The summed E-state index contributed by atoms with van der Waals surface area (Å²) in [7, 11) is 0. The minimum Gasteiger partial charge on any atom is -0.257 e. The number of hydrogen-bond acceptors (Lipinski definition) is 1. The monoisotopic (exact) mass is 189 g/mol. The predicted molar refractivity (Wildman–Crippen MR) is 57.4 cm³/mol. The Hall–Kier alpha value is -1.44. The molecule has 0 aromatic heterocycles.